The molecule has 8 heteroatoms. The number of carbonyl (C=O) groups is 2. The number of ether oxygens (including phenoxy) is 1. The SMILES string of the molecule is CCN(CC(=O)Nc1ccccc1OC)C(=O)Cc1cccc(C(F)(F)F)c1. The third-order valence-corrected chi connectivity index (χ3v) is 4.06. The Bertz CT molecular complexity index is 837. The van der Waals surface area contributed by atoms with Crippen molar-refractivity contribution in [1.82, 2.24) is 4.90 Å². The summed E-state index contributed by atoms with van der Waals surface area (Å²) in [5.41, 5.74) is -0.102. The molecule has 0 aliphatic heterocycles. The highest BCUT2D eigenvalue weighted by molar-refractivity contribution is 5.95. The van der Waals surface area contributed by atoms with Crippen molar-refractivity contribution in [3.8, 4) is 5.75 Å². The maximum Gasteiger partial charge on any atom is 0.416 e. The second kappa shape index (κ2) is 9.25. The number of rotatable bonds is 7. The molecule has 0 unspecified atom stereocenters. The molecule has 0 bridgehead atoms. The van der Waals surface area contributed by atoms with E-state index in [0.29, 0.717) is 11.4 Å². The van der Waals surface area contributed by atoms with Crippen molar-refractivity contribution in [3.63, 3.8) is 0 Å². The number of hydrogen-bond acceptors (Lipinski definition) is 3. The Morgan fingerprint density at radius 1 is 1.11 bits per heavy atom. The lowest BCUT2D eigenvalue weighted by atomic mass is 10.1. The average Bonchev–Trinajstić information content (AvgIpc) is 2.66. The van der Waals surface area contributed by atoms with Crippen LogP contribution in [0.4, 0.5) is 18.9 Å². The molecular weight excluding hydrogens is 373 g/mol. The number of para-hydroxylation sites is 2. The van der Waals surface area contributed by atoms with E-state index < -0.39 is 23.6 Å². The minimum absolute atomic E-state index is 0.216. The fraction of sp³-hybridized carbons (Fsp3) is 0.300. The van der Waals surface area contributed by atoms with E-state index in [0.717, 1.165) is 12.1 Å². The molecule has 0 spiro atoms. The van der Waals surface area contributed by atoms with Gasteiger partial charge in [-0.3, -0.25) is 9.59 Å². The fourth-order valence-electron chi connectivity index (χ4n) is 2.63. The highest BCUT2D eigenvalue weighted by atomic mass is 19.4. The monoisotopic (exact) mass is 394 g/mol. The summed E-state index contributed by atoms with van der Waals surface area (Å²) < 4.78 is 43.6. The molecule has 2 aromatic rings. The molecule has 28 heavy (non-hydrogen) atoms. The van der Waals surface area contributed by atoms with E-state index in [-0.39, 0.29) is 25.1 Å². The minimum atomic E-state index is -4.47. The molecule has 2 rings (SSSR count). The molecule has 0 atom stereocenters. The van der Waals surface area contributed by atoms with Crippen LogP contribution in [0.25, 0.3) is 0 Å². The number of anilines is 1. The van der Waals surface area contributed by atoms with Crippen LogP contribution in [0, 0.1) is 0 Å². The second-order valence-electron chi connectivity index (χ2n) is 6.03. The molecule has 0 fully saturated rings. The predicted molar refractivity (Wildman–Crippen MR) is 99.0 cm³/mol. The van der Waals surface area contributed by atoms with Gasteiger partial charge in [-0.2, -0.15) is 13.2 Å². The first-order chi connectivity index (χ1) is 13.2. The van der Waals surface area contributed by atoms with Gasteiger partial charge in [0.25, 0.3) is 0 Å². The number of amides is 2. The van der Waals surface area contributed by atoms with Crippen molar-refractivity contribution < 1.29 is 27.5 Å². The number of carbonyl (C=O) groups excluding carboxylic acids is 2. The van der Waals surface area contributed by atoms with E-state index in [4.69, 9.17) is 4.74 Å². The van der Waals surface area contributed by atoms with Crippen molar-refractivity contribution in [1.29, 1.82) is 0 Å². The van der Waals surface area contributed by atoms with E-state index in [1.165, 1.54) is 24.1 Å². The molecule has 2 aromatic carbocycles. The molecule has 1 N–H and O–H groups in total. The summed E-state index contributed by atoms with van der Waals surface area (Å²) in [5, 5.41) is 2.67. The standard InChI is InChI=1S/C20H21F3N2O3/c1-3-25(13-18(26)24-16-9-4-5-10-17(16)28-2)19(27)12-14-7-6-8-15(11-14)20(21,22)23/h4-11H,3,12-13H2,1-2H3,(H,24,26). The van der Waals surface area contributed by atoms with Crippen molar-refractivity contribution in [3.05, 3.63) is 59.7 Å². The number of alkyl halides is 3. The number of hydrogen-bond donors (Lipinski definition) is 1. The second-order valence-corrected chi connectivity index (χ2v) is 6.03. The van der Waals surface area contributed by atoms with Gasteiger partial charge in [-0.05, 0) is 30.7 Å². The number of methoxy groups -OCH3 is 1. The maximum atomic E-state index is 12.8. The summed E-state index contributed by atoms with van der Waals surface area (Å²) in [6.45, 7) is 1.73. The van der Waals surface area contributed by atoms with Crippen LogP contribution in [-0.4, -0.2) is 36.9 Å². The highest BCUT2D eigenvalue weighted by Gasteiger charge is 2.30. The third-order valence-electron chi connectivity index (χ3n) is 4.06. The quantitative estimate of drug-likeness (QED) is 0.778. The van der Waals surface area contributed by atoms with Crippen LogP contribution in [0.15, 0.2) is 48.5 Å². The summed E-state index contributed by atoms with van der Waals surface area (Å²) in [5.74, 6) is -0.380. The van der Waals surface area contributed by atoms with Crippen LogP contribution >= 0.6 is 0 Å². The zero-order chi connectivity index (χ0) is 20.7. The van der Waals surface area contributed by atoms with E-state index in [1.807, 2.05) is 0 Å². The largest absolute Gasteiger partial charge is 0.495 e. The molecule has 2 amide bonds. The van der Waals surface area contributed by atoms with E-state index in [9.17, 15) is 22.8 Å². The van der Waals surface area contributed by atoms with E-state index in [1.54, 1.807) is 31.2 Å². The van der Waals surface area contributed by atoms with Gasteiger partial charge < -0.3 is 15.0 Å². The van der Waals surface area contributed by atoms with Gasteiger partial charge in [0.2, 0.25) is 11.8 Å². The molecule has 0 saturated carbocycles. The topological polar surface area (TPSA) is 58.6 Å². The normalized spacial score (nSPS) is 11.0. The van der Waals surface area contributed by atoms with Gasteiger partial charge in [-0.25, -0.2) is 0 Å². The van der Waals surface area contributed by atoms with Crippen molar-refractivity contribution in [2.24, 2.45) is 0 Å². The maximum absolute atomic E-state index is 12.8. The number of benzene rings is 2. The number of likely N-dealkylation sites (N-methyl/N-ethyl adjacent to an activating group) is 1. The van der Waals surface area contributed by atoms with Crippen LogP contribution in [0.5, 0.6) is 5.75 Å². The molecule has 0 aliphatic rings. The van der Waals surface area contributed by atoms with Crippen molar-refractivity contribution in [2.75, 3.05) is 25.5 Å². The lowest BCUT2D eigenvalue weighted by Crippen LogP contribution is -2.38. The Morgan fingerprint density at radius 3 is 2.46 bits per heavy atom. The first-order valence-corrected chi connectivity index (χ1v) is 8.61. The van der Waals surface area contributed by atoms with Crippen LogP contribution in [-0.2, 0) is 22.2 Å². The molecule has 5 nitrogen and oxygen atoms in total. The fourth-order valence-corrected chi connectivity index (χ4v) is 2.63. The van der Waals surface area contributed by atoms with Crippen LogP contribution in [0.2, 0.25) is 0 Å². The lowest BCUT2D eigenvalue weighted by molar-refractivity contribution is -0.138. The Hall–Kier alpha value is -3.03. The van der Waals surface area contributed by atoms with Gasteiger partial charge >= 0.3 is 6.18 Å². The number of nitrogens with zero attached hydrogens (tertiary/aromatic N) is 1. The molecule has 150 valence electrons. The first-order valence-electron chi connectivity index (χ1n) is 8.61. The minimum Gasteiger partial charge on any atom is -0.495 e. The van der Waals surface area contributed by atoms with Gasteiger partial charge in [0.05, 0.1) is 31.3 Å². The van der Waals surface area contributed by atoms with Gasteiger partial charge in [-0.1, -0.05) is 30.3 Å². The average molecular weight is 394 g/mol. The van der Waals surface area contributed by atoms with Crippen molar-refractivity contribution in [2.45, 2.75) is 19.5 Å². The van der Waals surface area contributed by atoms with E-state index in [2.05, 4.69) is 5.32 Å². The predicted octanol–water partition coefficient (Wildman–Crippen LogP) is 3.74. The van der Waals surface area contributed by atoms with E-state index >= 15 is 0 Å². The third kappa shape index (κ3) is 5.73. The molecular formula is C20H21F3N2O3. The van der Waals surface area contributed by atoms with Gasteiger partial charge in [0.1, 0.15) is 5.75 Å². The summed E-state index contributed by atoms with van der Waals surface area (Å²) in [6, 6.07) is 11.4. The molecule has 0 radical (unpaired) electrons. The van der Waals surface area contributed by atoms with Gasteiger partial charge in [0, 0.05) is 6.54 Å². The summed E-state index contributed by atoms with van der Waals surface area (Å²) >= 11 is 0. The van der Waals surface area contributed by atoms with Gasteiger partial charge in [0.15, 0.2) is 0 Å². The zero-order valence-corrected chi connectivity index (χ0v) is 15.5. The molecule has 0 aromatic heterocycles. The number of nitrogens with one attached hydrogen (secondary N) is 1. The molecule has 0 aliphatic carbocycles. The zero-order valence-electron chi connectivity index (χ0n) is 15.5. The lowest BCUT2D eigenvalue weighted by Gasteiger charge is -2.21. The van der Waals surface area contributed by atoms with Crippen molar-refractivity contribution >= 4 is 17.5 Å². The Balaban J connectivity index is 2.02. The highest BCUT2D eigenvalue weighted by Crippen LogP contribution is 2.29. The first kappa shape index (κ1) is 21.3. The number of halogens is 3. The molecule has 0 heterocycles. The smallest absolute Gasteiger partial charge is 0.416 e. The van der Waals surface area contributed by atoms with Crippen LogP contribution in [0.1, 0.15) is 18.1 Å². The Kier molecular flexibility index (Phi) is 7.03. The van der Waals surface area contributed by atoms with Crippen LogP contribution < -0.4 is 10.1 Å². The molecule has 0 saturated heterocycles. The Labute approximate surface area is 161 Å². The summed E-state index contributed by atoms with van der Waals surface area (Å²) in [4.78, 5) is 26.0. The van der Waals surface area contributed by atoms with Gasteiger partial charge in [-0.15, -0.1) is 0 Å². The summed E-state index contributed by atoms with van der Waals surface area (Å²) in [6.07, 6.45) is -4.70. The summed E-state index contributed by atoms with van der Waals surface area (Å²) in [7, 11) is 1.47. The Morgan fingerprint density at radius 2 is 1.82 bits per heavy atom. The van der Waals surface area contributed by atoms with Crippen LogP contribution in [0.3, 0.4) is 0 Å².